The van der Waals surface area contributed by atoms with Gasteiger partial charge >= 0.3 is 0 Å². The van der Waals surface area contributed by atoms with Gasteiger partial charge in [-0.3, -0.25) is 13.9 Å². The Hall–Kier alpha value is -4.22. The molecule has 248 valence electrons. The van der Waals surface area contributed by atoms with Gasteiger partial charge < -0.3 is 15.0 Å². The Balaban J connectivity index is 1.80. The zero-order chi connectivity index (χ0) is 34.0. The lowest BCUT2D eigenvalue weighted by Crippen LogP contribution is -2.53. The van der Waals surface area contributed by atoms with Crippen molar-refractivity contribution in [3.05, 3.63) is 125 Å². The number of carbonyl (C=O) groups excluding carboxylic acids is 2. The van der Waals surface area contributed by atoms with E-state index in [0.717, 1.165) is 9.87 Å². The molecule has 0 aliphatic rings. The molecule has 0 saturated carbocycles. The number of amides is 2. The average Bonchev–Trinajstić information content (AvgIpc) is 3.06. The van der Waals surface area contributed by atoms with E-state index in [1.807, 2.05) is 51.1 Å². The molecule has 0 aliphatic carbocycles. The number of nitrogens with one attached hydrogen (secondary N) is 1. The monoisotopic (exact) mass is 723 g/mol. The van der Waals surface area contributed by atoms with E-state index in [1.165, 1.54) is 23.1 Å². The molecule has 2 amide bonds. The van der Waals surface area contributed by atoms with Crippen molar-refractivity contribution in [2.24, 2.45) is 5.92 Å². The molecule has 4 aromatic rings. The van der Waals surface area contributed by atoms with Crippen molar-refractivity contribution in [1.29, 1.82) is 0 Å². The molecule has 0 aliphatic heterocycles. The predicted octanol–water partition coefficient (Wildman–Crippen LogP) is 6.59. The molecule has 0 fully saturated rings. The second kappa shape index (κ2) is 16.6. The van der Waals surface area contributed by atoms with Gasteiger partial charge in [-0.15, -0.1) is 0 Å². The van der Waals surface area contributed by atoms with Crippen LogP contribution >= 0.6 is 15.9 Å². The predicted molar refractivity (Wildman–Crippen MR) is 185 cm³/mol. The number of nitrogens with zero attached hydrogens (tertiary/aromatic N) is 2. The number of carbonyl (C=O) groups is 2. The summed E-state index contributed by atoms with van der Waals surface area (Å²) in [6, 6.07) is 26.6. The molecule has 0 radical (unpaired) electrons. The van der Waals surface area contributed by atoms with E-state index in [4.69, 9.17) is 4.74 Å². The smallest absolute Gasteiger partial charge is 0.264 e. The Morgan fingerprint density at radius 3 is 2.15 bits per heavy atom. The van der Waals surface area contributed by atoms with Crippen LogP contribution in [0.15, 0.2) is 112 Å². The van der Waals surface area contributed by atoms with E-state index >= 15 is 4.39 Å². The Bertz CT molecular complexity index is 1740. The van der Waals surface area contributed by atoms with Crippen molar-refractivity contribution in [3.8, 4) is 5.75 Å². The summed E-state index contributed by atoms with van der Waals surface area (Å²) >= 11 is 3.34. The zero-order valence-corrected chi connectivity index (χ0v) is 29.0. The van der Waals surface area contributed by atoms with Crippen LogP contribution in [0.5, 0.6) is 5.75 Å². The first-order valence-corrected chi connectivity index (χ1v) is 17.6. The molecule has 0 heterocycles. The van der Waals surface area contributed by atoms with Gasteiger partial charge in [0.1, 0.15) is 24.2 Å². The number of anilines is 1. The van der Waals surface area contributed by atoms with E-state index < -0.39 is 40.2 Å². The fraction of sp³-hybridized carbons (Fsp3) is 0.278. The van der Waals surface area contributed by atoms with Crippen molar-refractivity contribution >= 4 is 43.5 Å². The zero-order valence-electron chi connectivity index (χ0n) is 26.6. The molecule has 4 rings (SSSR count). The summed E-state index contributed by atoms with van der Waals surface area (Å²) in [5.41, 5.74) is 1.20. The number of hydrogen-bond acceptors (Lipinski definition) is 5. The Morgan fingerprint density at radius 1 is 0.894 bits per heavy atom. The number of hydrogen-bond donors (Lipinski definition) is 1. The highest BCUT2D eigenvalue weighted by Gasteiger charge is 2.35. The molecule has 0 bridgehead atoms. The lowest BCUT2D eigenvalue weighted by Gasteiger charge is -2.34. The van der Waals surface area contributed by atoms with Crippen LogP contribution < -0.4 is 14.4 Å². The van der Waals surface area contributed by atoms with Crippen LogP contribution in [-0.2, 0) is 32.6 Å². The van der Waals surface area contributed by atoms with Gasteiger partial charge in [-0.25, -0.2) is 12.8 Å². The van der Waals surface area contributed by atoms with E-state index in [2.05, 4.69) is 21.2 Å². The van der Waals surface area contributed by atoms with E-state index in [0.29, 0.717) is 23.4 Å². The highest BCUT2D eigenvalue weighted by Crippen LogP contribution is 2.28. The molecule has 8 nitrogen and oxygen atoms in total. The van der Waals surface area contributed by atoms with E-state index in [1.54, 1.807) is 54.6 Å². The van der Waals surface area contributed by atoms with Gasteiger partial charge in [-0.05, 0) is 73.0 Å². The summed E-state index contributed by atoms with van der Waals surface area (Å²) in [7, 11) is -4.28. The average molecular weight is 725 g/mol. The van der Waals surface area contributed by atoms with E-state index in [9.17, 15) is 18.0 Å². The summed E-state index contributed by atoms with van der Waals surface area (Å²) in [5.74, 6) is -0.968. The fourth-order valence-corrected chi connectivity index (χ4v) is 6.60. The summed E-state index contributed by atoms with van der Waals surface area (Å²) in [6.45, 7) is 5.63. The summed E-state index contributed by atoms with van der Waals surface area (Å²) in [6.07, 6.45) is 0.132. The van der Waals surface area contributed by atoms with Crippen molar-refractivity contribution in [3.63, 3.8) is 0 Å². The maximum atomic E-state index is 15.1. The van der Waals surface area contributed by atoms with Crippen molar-refractivity contribution in [2.75, 3.05) is 24.0 Å². The summed E-state index contributed by atoms with van der Waals surface area (Å²) in [5, 5.41) is 2.93. The third-order valence-corrected chi connectivity index (χ3v) is 9.69. The van der Waals surface area contributed by atoms with Gasteiger partial charge in [-0.1, -0.05) is 78.3 Å². The first-order chi connectivity index (χ1) is 22.5. The number of benzene rings is 4. The van der Waals surface area contributed by atoms with Crippen LogP contribution in [0.25, 0.3) is 0 Å². The van der Waals surface area contributed by atoms with Crippen molar-refractivity contribution < 1.29 is 27.1 Å². The Morgan fingerprint density at radius 2 is 1.53 bits per heavy atom. The second-order valence-corrected chi connectivity index (χ2v) is 14.1. The molecule has 0 saturated heterocycles. The second-order valence-electron chi connectivity index (χ2n) is 11.4. The quantitative estimate of drug-likeness (QED) is 0.149. The summed E-state index contributed by atoms with van der Waals surface area (Å²) in [4.78, 5) is 29.6. The van der Waals surface area contributed by atoms with Gasteiger partial charge in [0.25, 0.3) is 10.0 Å². The molecule has 47 heavy (non-hydrogen) atoms. The summed E-state index contributed by atoms with van der Waals surface area (Å²) < 4.78 is 50.6. The molecular weight excluding hydrogens is 685 g/mol. The van der Waals surface area contributed by atoms with E-state index in [-0.39, 0.29) is 35.0 Å². The lowest BCUT2D eigenvalue weighted by atomic mass is 10.0. The Kier molecular flexibility index (Phi) is 12.6. The molecule has 0 spiro atoms. The molecule has 11 heteroatoms. The molecule has 4 aromatic carbocycles. The standard InChI is InChI=1S/C36H39BrFN3O5S/c1-4-46-31-18-16-30(17-19-31)41(47(44,45)32-20-14-29(37)15-21-32)25-35(42)40(24-28-12-8-9-13-33(28)38)34(36(43)39-23-26(2)3)22-27-10-6-5-7-11-27/h5-21,26,34H,4,22-25H2,1-3H3,(H,39,43)/t34-/m1/s1. The van der Waals surface area contributed by atoms with Crippen LogP contribution in [-0.4, -0.2) is 50.9 Å². The largest absolute Gasteiger partial charge is 0.494 e. The normalized spacial score (nSPS) is 12.0. The van der Waals surface area contributed by atoms with Gasteiger partial charge in [0.2, 0.25) is 11.8 Å². The molecule has 0 aromatic heterocycles. The number of halogens is 2. The molecule has 1 atom stereocenters. The fourth-order valence-electron chi connectivity index (χ4n) is 4.92. The first-order valence-electron chi connectivity index (χ1n) is 15.3. The molecule has 0 unspecified atom stereocenters. The first kappa shape index (κ1) is 35.6. The topological polar surface area (TPSA) is 96.0 Å². The van der Waals surface area contributed by atoms with Gasteiger partial charge in [0, 0.05) is 29.5 Å². The van der Waals surface area contributed by atoms with Crippen molar-refractivity contribution in [1.82, 2.24) is 10.2 Å². The van der Waals surface area contributed by atoms with Crippen LogP contribution in [0.1, 0.15) is 31.9 Å². The molecular formula is C36H39BrFN3O5S. The number of rotatable bonds is 15. The van der Waals surface area contributed by atoms with Gasteiger partial charge in [-0.2, -0.15) is 0 Å². The van der Waals surface area contributed by atoms with Crippen LogP contribution in [0.3, 0.4) is 0 Å². The minimum absolute atomic E-state index is 0.0291. The van der Waals surface area contributed by atoms with Crippen LogP contribution in [0, 0.1) is 11.7 Å². The van der Waals surface area contributed by atoms with Crippen molar-refractivity contribution in [2.45, 2.75) is 44.7 Å². The minimum Gasteiger partial charge on any atom is -0.494 e. The molecule has 1 N–H and O–H groups in total. The maximum Gasteiger partial charge on any atom is 0.264 e. The third kappa shape index (κ3) is 9.65. The van der Waals surface area contributed by atoms with Crippen LogP contribution in [0.2, 0.25) is 0 Å². The highest BCUT2D eigenvalue weighted by molar-refractivity contribution is 9.10. The van der Waals surface area contributed by atoms with Gasteiger partial charge in [0.15, 0.2) is 0 Å². The minimum atomic E-state index is -4.28. The Labute approximate surface area is 284 Å². The number of sulfonamides is 1. The van der Waals surface area contributed by atoms with Crippen LogP contribution in [0.4, 0.5) is 10.1 Å². The SMILES string of the molecule is CCOc1ccc(N(CC(=O)N(Cc2ccccc2F)[C@H](Cc2ccccc2)C(=O)NCC(C)C)S(=O)(=O)c2ccc(Br)cc2)cc1. The lowest BCUT2D eigenvalue weighted by molar-refractivity contribution is -0.140. The highest BCUT2D eigenvalue weighted by atomic mass is 79.9. The third-order valence-electron chi connectivity index (χ3n) is 7.37. The number of ether oxygens (including phenoxy) is 1. The maximum absolute atomic E-state index is 15.1. The van der Waals surface area contributed by atoms with Gasteiger partial charge in [0.05, 0.1) is 17.2 Å².